The van der Waals surface area contributed by atoms with Gasteiger partial charge in [0, 0.05) is 12.0 Å². The Morgan fingerprint density at radius 2 is 1.95 bits per heavy atom. The number of benzene rings is 1. The molecule has 1 saturated carbocycles. The molecule has 16 heteroatoms. The van der Waals surface area contributed by atoms with E-state index >= 15 is 0 Å². The van der Waals surface area contributed by atoms with Crippen LogP contribution in [-0.2, 0) is 9.59 Å². The predicted octanol–water partition coefficient (Wildman–Crippen LogP) is 1.40. The Labute approximate surface area is 231 Å². The van der Waals surface area contributed by atoms with E-state index < -0.39 is 17.1 Å². The van der Waals surface area contributed by atoms with E-state index in [1.807, 2.05) is 0 Å². The summed E-state index contributed by atoms with van der Waals surface area (Å²) in [5, 5.41) is 26.1. The summed E-state index contributed by atoms with van der Waals surface area (Å²) in [6.07, 6.45) is 2.77. The number of methoxy groups -OCH3 is 1. The quantitative estimate of drug-likeness (QED) is 0.280. The van der Waals surface area contributed by atoms with Gasteiger partial charge in [0.25, 0.3) is 5.91 Å². The van der Waals surface area contributed by atoms with Crippen LogP contribution < -0.4 is 26.0 Å². The molecule has 1 aliphatic rings. The van der Waals surface area contributed by atoms with E-state index in [4.69, 9.17) is 33.5 Å². The average Bonchev–Trinajstić information content (AvgIpc) is 3.62. The van der Waals surface area contributed by atoms with E-state index in [2.05, 4.69) is 36.4 Å². The molecule has 4 N–H and O–H groups in total. The number of amides is 3. The molecule has 2 aromatic heterocycles. The molecule has 0 atom stereocenters. The Morgan fingerprint density at radius 3 is 2.62 bits per heavy atom. The molecular weight excluding hydrogens is 517 g/mol. The first-order valence-electron chi connectivity index (χ1n) is 11.5. The highest BCUT2D eigenvalue weighted by Gasteiger charge is 2.30. The molecule has 3 amide bonds. The Morgan fingerprint density at radius 1 is 1.18 bits per heavy atom. The minimum Gasteiger partial charge on any atom is -0.494 e. The molecule has 0 saturated heterocycles. The van der Waals surface area contributed by atoms with Crippen molar-refractivity contribution in [1.82, 2.24) is 20.5 Å². The second-order valence-corrected chi connectivity index (χ2v) is 9.60. The molecular formula is C23H19B3N8O4S. The minimum absolute atomic E-state index is 0.0804. The summed E-state index contributed by atoms with van der Waals surface area (Å²) in [7, 11) is 18.0. The van der Waals surface area contributed by atoms with E-state index in [0.717, 1.165) is 12.8 Å². The standard InChI is InChI=1S/C23H19B3N8O4S/c1-38-19-12(22-28-10-17(39-22)31-16(35)7-8-27)3-2-4-13(19)29-14-9-15(30-20(36)11-5-6-11)33-34-18(14)21(37)32-23(24,25)26/h2-4,9-11H,5-7H2,1H3,(H,31,35)(H,32,37)(H2,29,30,33,36). The highest BCUT2D eigenvalue weighted by atomic mass is 32.1. The zero-order valence-electron chi connectivity index (χ0n) is 20.6. The second kappa shape index (κ2) is 11.6. The largest absolute Gasteiger partial charge is 0.494 e. The number of nitriles is 1. The number of nitrogens with zero attached hydrogens (tertiary/aromatic N) is 4. The Bertz CT molecular complexity index is 1470. The molecule has 190 valence electrons. The lowest BCUT2D eigenvalue weighted by atomic mass is 9.49. The summed E-state index contributed by atoms with van der Waals surface area (Å²) < 4.78 is 5.65. The fraction of sp³-hybridized carbons (Fsp3) is 0.261. The number of aromatic nitrogens is 3. The number of ether oxygens (including phenoxy) is 1. The van der Waals surface area contributed by atoms with Crippen molar-refractivity contribution < 1.29 is 19.1 Å². The molecule has 6 radical (unpaired) electrons. The summed E-state index contributed by atoms with van der Waals surface area (Å²) in [6, 6.07) is 8.40. The third kappa shape index (κ3) is 7.14. The molecule has 1 aromatic carbocycles. The van der Waals surface area contributed by atoms with Gasteiger partial charge in [-0.1, -0.05) is 22.6 Å². The number of hydrogen-bond donors (Lipinski definition) is 4. The molecule has 12 nitrogen and oxygen atoms in total. The molecule has 0 unspecified atom stereocenters. The topological polar surface area (TPSA) is 171 Å². The Balaban J connectivity index is 1.68. The van der Waals surface area contributed by atoms with Crippen molar-refractivity contribution in [3.63, 3.8) is 0 Å². The van der Waals surface area contributed by atoms with Gasteiger partial charge in [0.05, 0.1) is 59.9 Å². The van der Waals surface area contributed by atoms with Gasteiger partial charge >= 0.3 is 0 Å². The summed E-state index contributed by atoms with van der Waals surface area (Å²) in [5.74, 6) is -1.06. The monoisotopic (exact) mass is 536 g/mol. The maximum Gasteiger partial charge on any atom is 0.272 e. The van der Waals surface area contributed by atoms with Crippen LogP contribution in [0.2, 0.25) is 0 Å². The van der Waals surface area contributed by atoms with Crippen LogP contribution in [0.5, 0.6) is 5.75 Å². The number of thiazole rings is 1. The Kier molecular flexibility index (Phi) is 8.20. The molecule has 0 bridgehead atoms. The first kappa shape index (κ1) is 27.7. The van der Waals surface area contributed by atoms with Crippen molar-refractivity contribution in [3.05, 3.63) is 36.2 Å². The van der Waals surface area contributed by atoms with Crippen LogP contribution in [0.3, 0.4) is 0 Å². The van der Waals surface area contributed by atoms with Gasteiger partial charge in [0.15, 0.2) is 17.3 Å². The minimum atomic E-state index is -2.02. The maximum atomic E-state index is 12.8. The van der Waals surface area contributed by atoms with Crippen LogP contribution in [0.1, 0.15) is 29.8 Å². The van der Waals surface area contributed by atoms with Crippen molar-refractivity contribution >= 4 is 74.8 Å². The van der Waals surface area contributed by atoms with Crippen molar-refractivity contribution in [2.75, 3.05) is 23.1 Å². The smallest absolute Gasteiger partial charge is 0.272 e. The van der Waals surface area contributed by atoms with E-state index in [9.17, 15) is 14.4 Å². The molecule has 1 aliphatic carbocycles. The molecule has 4 rings (SSSR count). The van der Waals surface area contributed by atoms with Crippen molar-refractivity contribution in [2.24, 2.45) is 5.92 Å². The van der Waals surface area contributed by atoms with E-state index in [1.165, 1.54) is 30.7 Å². The summed E-state index contributed by atoms with van der Waals surface area (Å²) in [5.41, 5.74) is 0.945. The summed E-state index contributed by atoms with van der Waals surface area (Å²) in [6.45, 7) is 0. The van der Waals surface area contributed by atoms with Gasteiger partial charge in [0.2, 0.25) is 11.8 Å². The summed E-state index contributed by atoms with van der Waals surface area (Å²) >= 11 is 1.18. The van der Waals surface area contributed by atoms with Crippen LogP contribution >= 0.6 is 11.3 Å². The van der Waals surface area contributed by atoms with E-state index in [0.29, 0.717) is 27.0 Å². The van der Waals surface area contributed by atoms with Crippen LogP contribution in [0.4, 0.5) is 22.2 Å². The SMILES string of the molecule is [B]C([B])([B])NC(=O)c1nnc(NC(=O)C2CC2)cc1Nc1cccc(-c2ncc(NC(=O)CC#N)s2)c1OC. The molecule has 1 fully saturated rings. The van der Waals surface area contributed by atoms with Crippen molar-refractivity contribution in [3.8, 4) is 22.4 Å². The van der Waals surface area contributed by atoms with Gasteiger partial charge in [-0.05, 0) is 25.0 Å². The number of para-hydroxylation sites is 1. The highest BCUT2D eigenvalue weighted by molar-refractivity contribution is 7.19. The zero-order valence-corrected chi connectivity index (χ0v) is 21.5. The number of rotatable bonds is 10. The average molecular weight is 536 g/mol. The Hall–Kier alpha value is -4.38. The highest BCUT2D eigenvalue weighted by Crippen LogP contribution is 2.41. The molecule has 0 aliphatic heterocycles. The predicted molar refractivity (Wildman–Crippen MR) is 147 cm³/mol. The van der Waals surface area contributed by atoms with Gasteiger partial charge in [-0.3, -0.25) is 14.4 Å². The maximum absolute atomic E-state index is 12.8. The molecule has 39 heavy (non-hydrogen) atoms. The summed E-state index contributed by atoms with van der Waals surface area (Å²) in [4.78, 5) is 41.2. The van der Waals surface area contributed by atoms with E-state index in [1.54, 1.807) is 24.3 Å². The van der Waals surface area contributed by atoms with Gasteiger partial charge < -0.3 is 26.0 Å². The third-order valence-corrected chi connectivity index (χ3v) is 6.21. The number of nitrogens with one attached hydrogen (secondary N) is 4. The van der Waals surface area contributed by atoms with Gasteiger partial charge in [-0.25, -0.2) is 4.98 Å². The lowest BCUT2D eigenvalue weighted by Crippen LogP contribution is -2.50. The lowest BCUT2D eigenvalue weighted by molar-refractivity contribution is -0.117. The molecule has 0 spiro atoms. The van der Waals surface area contributed by atoms with Crippen molar-refractivity contribution in [1.29, 1.82) is 5.26 Å². The second-order valence-electron chi connectivity index (χ2n) is 8.57. The zero-order chi connectivity index (χ0) is 28.2. The van der Waals surface area contributed by atoms with Gasteiger partial charge in [0.1, 0.15) is 16.4 Å². The van der Waals surface area contributed by atoms with Crippen LogP contribution in [0.15, 0.2) is 30.5 Å². The van der Waals surface area contributed by atoms with Crippen molar-refractivity contribution in [2.45, 2.75) is 24.5 Å². The third-order valence-electron chi connectivity index (χ3n) is 5.27. The fourth-order valence-electron chi connectivity index (χ4n) is 3.42. The number of anilines is 4. The van der Waals surface area contributed by atoms with Gasteiger partial charge in [-0.15, -0.1) is 10.2 Å². The first-order chi connectivity index (χ1) is 18.6. The molecule has 3 aromatic rings. The van der Waals surface area contributed by atoms with E-state index in [-0.39, 0.29) is 35.4 Å². The van der Waals surface area contributed by atoms with Crippen LogP contribution in [-0.4, -0.2) is 68.8 Å². The number of carbonyl (C=O) groups is 3. The number of carbonyl (C=O) groups excluding carboxylic acids is 3. The number of hydrogen-bond acceptors (Lipinski definition) is 10. The first-order valence-corrected chi connectivity index (χ1v) is 12.3. The van der Waals surface area contributed by atoms with Crippen LogP contribution in [0, 0.1) is 17.2 Å². The lowest BCUT2D eigenvalue weighted by Gasteiger charge is -2.23. The molecule has 2 heterocycles. The fourth-order valence-corrected chi connectivity index (χ4v) is 4.28. The van der Waals surface area contributed by atoms with Gasteiger partial charge in [-0.2, -0.15) is 5.26 Å². The van der Waals surface area contributed by atoms with Crippen LogP contribution in [0.25, 0.3) is 10.6 Å². The normalized spacial score (nSPS) is 12.6.